The predicted molar refractivity (Wildman–Crippen MR) is 194 cm³/mol. The fourth-order valence-corrected chi connectivity index (χ4v) is 6.65. The third kappa shape index (κ3) is 4.86. The third-order valence-corrected chi connectivity index (χ3v) is 9.02. The lowest BCUT2D eigenvalue weighted by molar-refractivity contribution is 0.620. The summed E-state index contributed by atoms with van der Waals surface area (Å²) in [6, 6.07) is 55.5. The molecule has 0 amide bonds. The quantitative estimate of drug-likeness (QED) is 0.197. The molecule has 3 heteroatoms. The Labute approximate surface area is 272 Å². The van der Waals surface area contributed by atoms with E-state index < -0.39 is 0 Å². The SMILES string of the molecule is c1cncc(-c2ccc(-c3ccc(-c4nc5c(-c6cccc7ccccc67)cc(-c6cccc7ccccc67)cc5o4)cc3)cc2)c1. The van der Waals surface area contributed by atoms with Crippen molar-refractivity contribution in [2.75, 3.05) is 0 Å². The molecular formula is C44H28N2O. The molecule has 0 fully saturated rings. The topological polar surface area (TPSA) is 38.9 Å². The summed E-state index contributed by atoms with van der Waals surface area (Å²) in [6.45, 7) is 0. The van der Waals surface area contributed by atoms with E-state index in [-0.39, 0.29) is 0 Å². The van der Waals surface area contributed by atoms with Crippen LogP contribution in [0.2, 0.25) is 0 Å². The van der Waals surface area contributed by atoms with E-state index in [9.17, 15) is 0 Å². The Morgan fingerprint density at radius 1 is 0.404 bits per heavy atom. The molecule has 0 radical (unpaired) electrons. The summed E-state index contributed by atoms with van der Waals surface area (Å²) in [6.07, 6.45) is 3.69. The average Bonchev–Trinajstić information content (AvgIpc) is 3.59. The predicted octanol–water partition coefficient (Wildman–Crippen LogP) is 11.9. The molecule has 9 aromatic rings. The lowest BCUT2D eigenvalue weighted by Gasteiger charge is -2.11. The Balaban J connectivity index is 1.16. The van der Waals surface area contributed by atoms with Crippen LogP contribution in [0, 0.1) is 0 Å². The molecular weight excluding hydrogens is 572 g/mol. The van der Waals surface area contributed by atoms with Crippen LogP contribution in [0.3, 0.4) is 0 Å². The smallest absolute Gasteiger partial charge is 0.227 e. The second-order valence-corrected chi connectivity index (χ2v) is 11.8. The Kier molecular flexibility index (Phi) is 6.46. The van der Waals surface area contributed by atoms with Gasteiger partial charge in [0.15, 0.2) is 5.58 Å². The number of oxazole rings is 1. The van der Waals surface area contributed by atoms with Crippen molar-refractivity contribution in [1.82, 2.24) is 9.97 Å². The first-order valence-corrected chi connectivity index (χ1v) is 15.8. The molecule has 9 rings (SSSR count). The molecule has 0 atom stereocenters. The molecule has 0 aliphatic carbocycles. The Morgan fingerprint density at radius 2 is 0.979 bits per heavy atom. The van der Waals surface area contributed by atoms with Gasteiger partial charge >= 0.3 is 0 Å². The average molecular weight is 601 g/mol. The van der Waals surface area contributed by atoms with Crippen molar-refractivity contribution in [3.8, 4) is 56.0 Å². The van der Waals surface area contributed by atoms with Gasteiger partial charge in [-0.1, -0.05) is 127 Å². The van der Waals surface area contributed by atoms with Gasteiger partial charge in [0.05, 0.1) is 0 Å². The lowest BCUT2D eigenvalue weighted by atomic mass is 9.92. The number of nitrogens with zero attached hydrogens (tertiary/aromatic N) is 2. The molecule has 3 nitrogen and oxygen atoms in total. The molecule has 0 spiro atoms. The summed E-state index contributed by atoms with van der Waals surface area (Å²) < 4.78 is 6.60. The van der Waals surface area contributed by atoms with Crippen molar-refractivity contribution >= 4 is 32.6 Å². The summed E-state index contributed by atoms with van der Waals surface area (Å²) in [5.74, 6) is 0.607. The molecule has 0 unspecified atom stereocenters. The van der Waals surface area contributed by atoms with Gasteiger partial charge in [-0.15, -0.1) is 0 Å². The first-order valence-electron chi connectivity index (χ1n) is 15.8. The van der Waals surface area contributed by atoms with E-state index in [1.54, 1.807) is 6.20 Å². The minimum absolute atomic E-state index is 0.607. The van der Waals surface area contributed by atoms with Gasteiger partial charge < -0.3 is 4.42 Å². The van der Waals surface area contributed by atoms with Crippen LogP contribution in [0.25, 0.3) is 88.6 Å². The number of benzene rings is 7. The molecule has 47 heavy (non-hydrogen) atoms. The van der Waals surface area contributed by atoms with Crippen LogP contribution in [-0.2, 0) is 0 Å². The molecule has 2 aromatic heterocycles. The van der Waals surface area contributed by atoms with E-state index in [0.29, 0.717) is 5.89 Å². The maximum absolute atomic E-state index is 6.60. The van der Waals surface area contributed by atoms with Gasteiger partial charge in [0.25, 0.3) is 0 Å². The van der Waals surface area contributed by atoms with Gasteiger partial charge in [0.2, 0.25) is 5.89 Å². The molecule has 0 N–H and O–H groups in total. The van der Waals surface area contributed by atoms with Crippen LogP contribution in [0.4, 0.5) is 0 Å². The zero-order chi connectivity index (χ0) is 31.2. The largest absolute Gasteiger partial charge is 0.436 e. The minimum atomic E-state index is 0.607. The van der Waals surface area contributed by atoms with E-state index >= 15 is 0 Å². The first-order chi connectivity index (χ1) is 23.3. The normalized spacial score (nSPS) is 11.4. The van der Waals surface area contributed by atoms with Gasteiger partial charge in [0.1, 0.15) is 5.52 Å². The second kappa shape index (κ2) is 11.2. The van der Waals surface area contributed by atoms with E-state index in [2.05, 4.69) is 157 Å². The van der Waals surface area contributed by atoms with Crippen LogP contribution in [0.1, 0.15) is 0 Å². The maximum atomic E-state index is 6.60. The van der Waals surface area contributed by atoms with Crippen LogP contribution in [0.15, 0.2) is 175 Å². The summed E-state index contributed by atoms with van der Waals surface area (Å²) in [5, 5.41) is 4.81. The van der Waals surface area contributed by atoms with Crippen molar-refractivity contribution in [3.05, 3.63) is 170 Å². The van der Waals surface area contributed by atoms with Crippen molar-refractivity contribution in [2.45, 2.75) is 0 Å². The fourth-order valence-electron chi connectivity index (χ4n) is 6.65. The molecule has 0 saturated heterocycles. The standard InChI is InChI=1S/C44H28N2O/c1-3-13-37-32(8-1)10-5-15-39(37)36-26-41(40-16-6-11-33-9-2-4-14-38(33)40)43-42(27-36)47-44(46-43)34-23-21-30(22-24-34)29-17-19-31(20-18-29)35-12-7-25-45-28-35/h1-28H. The number of fused-ring (bicyclic) bond motifs is 3. The number of pyridine rings is 1. The second-order valence-electron chi connectivity index (χ2n) is 11.8. The van der Waals surface area contributed by atoms with Crippen LogP contribution in [-0.4, -0.2) is 9.97 Å². The molecule has 0 aliphatic rings. The maximum Gasteiger partial charge on any atom is 0.227 e. The third-order valence-electron chi connectivity index (χ3n) is 9.02. The van der Waals surface area contributed by atoms with Crippen LogP contribution < -0.4 is 0 Å². The van der Waals surface area contributed by atoms with Gasteiger partial charge in [0, 0.05) is 23.5 Å². The molecule has 7 aromatic carbocycles. The Hall–Kier alpha value is -6.32. The van der Waals surface area contributed by atoms with Gasteiger partial charge in [-0.25, -0.2) is 4.98 Å². The molecule has 0 aliphatic heterocycles. The van der Waals surface area contributed by atoms with Crippen molar-refractivity contribution < 1.29 is 4.42 Å². The van der Waals surface area contributed by atoms with Crippen LogP contribution >= 0.6 is 0 Å². The molecule has 0 saturated carbocycles. The van der Waals surface area contributed by atoms with Gasteiger partial charge in [-0.2, -0.15) is 0 Å². The highest BCUT2D eigenvalue weighted by molar-refractivity contribution is 6.07. The fraction of sp³-hybridized carbons (Fsp3) is 0. The summed E-state index contributed by atoms with van der Waals surface area (Å²) in [7, 11) is 0. The first kappa shape index (κ1) is 27.0. The van der Waals surface area contributed by atoms with E-state index in [4.69, 9.17) is 9.40 Å². The number of hydrogen-bond donors (Lipinski definition) is 0. The van der Waals surface area contributed by atoms with Gasteiger partial charge in [-0.05, 0) is 90.8 Å². The summed E-state index contributed by atoms with van der Waals surface area (Å²) in [4.78, 5) is 9.39. The monoisotopic (exact) mass is 600 g/mol. The Morgan fingerprint density at radius 3 is 1.64 bits per heavy atom. The van der Waals surface area contributed by atoms with Gasteiger partial charge in [-0.3, -0.25) is 4.98 Å². The highest BCUT2D eigenvalue weighted by Gasteiger charge is 2.18. The van der Waals surface area contributed by atoms with E-state index in [1.165, 1.54) is 27.1 Å². The summed E-state index contributed by atoms with van der Waals surface area (Å²) in [5.41, 5.74) is 11.6. The number of hydrogen-bond acceptors (Lipinski definition) is 3. The number of aromatic nitrogens is 2. The number of rotatable bonds is 5. The van der Waals surface area contributed by atoms with E-state index in [1.807, 2.05) is 12.3 Å². The molecule has 2 heterocycles. The zero-order valence-electron chi connectivity index (χ0n) is 25.5. The zero-order valence-corrected chi connectivity index (χ0v) is 25.5. The minimum Gasteiger partial charge on any atom is -0.436 e. The van der Waals surface area contributed by atoms with Crippen LogP contribution in [0.5, 0.6) is 0 Å². The van der Waals surface area contributed by atoms with Crippen molar-refractivity contribution in [2.24, 2.45) is 0 Å². The van der Waals surface area contributed by atoms with Crippen molar-refractivity contribution in [1.29, 1.82) is 0 Å². The Bertz CT molecular complexity index is 2540. The lowest BCUT2D eigenvalue weighted by Crippen LogP contribution is -1.87. The highest BCUT2D eigenvalue weighted by atomic mass is 16.3. The summed E-state index contributed by atoms with van der Waals surface area (Å²) >= 11 is 0. The van der Waals surface area contributed by atoms with Crippen molar-refractivity contribution in [3.63, 3.8) is 0 Å². The molecule has 220 valence electrons. The molecule has 0 bridgehead atoms. The highest BCUT2D eigenvalue weighted by Crippen LogP contribution is 2.40. The van der Waals surface area contributed by atoms with E-state index in [0.717, 1.165) is 55.6 Å².